The molecule has 12 nitrogen and oxygen atoms in total. The Morgan fingerprint density at radius 1 is 0.138 bits per heavy atom. The molecule has 138 heavy (non-hydrogen) atoms. The molecule has 28 aromatic rings. The van der Waals surface area contributed by atoms with Crippen molar-refractivity contribution in [2.24, 2.45) is 0 Å². The zero-order chi connectivity index (χ0) is 91.1. The Hall–Kier alpha value is -17.7. The number of hydrogen-bond acceptors (Lipinski definition) is 12. The van der Waals surface area contributed by atoms with Crippen molar-refractivity contribution in [1.82, 2.24) is 58.6 Å². The van der Waals surface area contributed by atoms with Gasteiger partial charge >= 0.3 is 0 Å². The molecule has 0 amide bonds. The van der Waals surface area contributed by atoms with Gasteiger partial charge in [-0.2, -0.15) is 0 Å². The second kappa shape index (κ2) is 34.4. The predicted molar refractivity (Wildman–Crippen MR) is 576 cm³/mol. The first kappa shape index (κ1) is 81.1. The van der Waals surface area contributed by atoms with E-state index in [0.717, 1.165) is 78.2 Å². The van der Waals surface area contributed by atoms with Crippen LogP contribution in [0.15, 0.2) is 461 Å². The molecule has 0 atom stereocenters. The second-order valence-corrected chi connectivity index (χ2v) is 37.5. The van der Waals surface area contributed by atoms with Gasteiger partial charge in [-0.1, -0.05) is 340 Å². The van der Waals surface area contributed by atoms with Gasteiger partial charge in [-0.25, -0.2) is 44.9 Å². The zero-order valence-electron chi connectivity index (χ0n) is 74.0. The molecule has 0 radical (unpaired) electrons. The maximum atomic E-state index is 5.08. The maximum Gasteiger partial charge on any atom is 0.166 e. The molecule has 19 aromatic carbocycles. The molecule has 0 unspecified atom stereocenters. The number of para-hydroxylation sites is 4. The molecule has 646 valence electrons. The average molecular weight is 1820 g/mol. The van der Waals surface area contributed by atoms with Gasteiger partial charge < -0.3 is 13.7 Å². The first-order valence-electron chi connectivity index (χ1n) is 45.9. The van der Waals surface area contributed by atoms with Gasteiger partial charge in [0.1, 0.15) is 0 Å². The molecule has 0 aliphatic carbocycles. The van der Waals surface area contributed by atoms with E-state index in [4.69, 9.17) is 44.9 Å². The Morgan fingerprint density at radius 3 is 0.783 bits per heavy atom. The maximum absolute atomic E-state index is 5.08. The van der Waals surface area contributed by atoms with Gasteiger partial charge in [0.2, 0.25) is 0 Å². The Morgan fingerprint density at radius 2 is 0.399 bits per heavy atom. The number of hydrogen-bond donors (Lipinski definition) is 0. The van der Waals surface area contributed by atoms with E-state index in [1.165, 1.54) is 126 Å². The van der Waals surface area contributed by atoms with Crippen LogP contribution in [0.5, 0.6) is 0 Å². The molecule has 0 aliphatic rings. The van der Waals surface area contributed by atoms with Gasteiger partial charge in [-0.15, -0.1) is 34.0 Å². The van der Waals surface area contributed by atoms with Gasteiger partial charge in [-0.05, 0) is 132 Å². The van der Waals surface area contributed by atoms with Crippen LogP contribution in [-0.2, 0) is 0 Å². The third-order valence-corrected chi connectivity index (χ3v) is 29.4. The van der Waals surface area contributed by atoms with Crippen LogP contribution in [0.3, 0.4) is 0 Å². The van der Waals surface area contributed by atoms with Gasteiger partial charge in [0, 0.05) is 154 Å². The van der Waals surface area contributed by atoms with Gasteiger partial charge in [0.05, 0.1) is 38.8 Å². The van der Waals surface area contributed by atoms with E-state index in [-0.39, 0.29) is 0 Å². The molecule has 0 saturated heterocycles. The molecule has 28 rings (SSSR count). The predicted octanol–water partition coefficient (Wildman–Crippen LogP) is 32.7. The fourth-order valence-electron chi connectivity index (χ4n) is 19.4. The Bertz CT molecular complexity index is 9460. The van der Waals surface area contributed by atoms with Crippen LogP contribution in [0.25, 0.3) is 257 Å². The van der Waals surface area contributed by atoms with Gasteiger partial charge in [-0.3, -0.25) is 0 Å². The minimum Gasteiger partial charge on any atom is -0.309 e. The van der Waals surface area contributed by atoms with E-state index < -0.39 is 0 Å². The topological polar surface area (TPSA) is 131 Å². The molecule has 9 heterocycles. The van der Waals surface area contributed by atoms with E-state index in [2.05, 4.69) is 317 Å². The summed E-state index contributed by atoms with van der Waals surface area (Å²) in [5, 5.41) is 15.3. The summed E-state index contributed by atoms with van der Waals surface area (Å²) in [7, 11) is 0. The fraction of sp³-hybridized carbons (Fsp3) is 0. The van der Waals surface area contributed by atoms with Gasteiger partial charge in [0.25, 0.3) is 0 Å². The standard InChI is InChI=1S/C45H28N4S.2C39H24N4S/c1-3-11-29(12-4-1)30-19-21-32(22-20-30)44-46-43(31-13-5-2-6-14-31)47-45(48-44)33-23-25-34(26-24-33)49-39-17-9-7-15-35(39)37-27-38-36-16-8-10-18-41(36)50-42(38)28-40(37)49;1-3-13-25(14-4-1)37-40-38(26-15-5-2-6-16-26)42-39(41-37)29-19-8-11-21-33(29)43-32-20-10-7-17-27(32)30-23-31-28-18-9-12-22-35(28)44-36(31)24-34(30)43;1-3-12-25(13-4-1)37-40-38(26-14-5-2-6-15-26)42-39(41-37)27-16-11-17-28(22-27)43-33-20-9-7-18-29(33)31-23-32-30-19-8-10-21-35(30)44-36(32)24-34(31)43/h1-28H;2*1-24H. The lowest BCUT2D eigenvalue weighted by Gasteiger charge is -2.14. The lowest BCUT2D eigenvalue weighted by Crippen LogP contribution is -2.03. The molecule has 0 saturated carbocycles. The third-order valence-electron chi connectivity index (χ3n) is 26.0. The molecule has 9 aromatic heterocycles. The van der Waals surface area contributed by atoms with Crippen LogP contribution in [0.2, 0.25) is 0 Å². The normalized spacial score (nSPS) is 11.6. The van der Waals surface area contributed by atoms with E-state index in [9.17, 15) is 0 Å². The molecular formula is C123H76N12S3. The Kier molecular flexibility index (Phi) is 20.2. The average Bonchev–Trinajstić information content (AvgIpc) is 1.57. The van der Waals surface area contributed by atoms with Crippen molar-refractivity contribution in [3.8, 4) is 131 Å². The number of thiophene rings is 3. The van der Waals surface area contributed by atoms with Gasteiger partial charge in [0.15, 0.2) is 52.4 Å². The summed E-state index contributed by atoms with van der Waals surface area (Å²) in [5.41, 5.74) is 21.1. The summed E-state index contributed by atoms with van der Waals surface area (Å²) < 4.78 is 14.9. The highest BCUT2D eigenvalue weighted by atomic mass is 32.1. The highest BCUT2D eigenvalue weighted by Crippen LogP contribution is 2.47. The van der Waals surface area contributed by atoms with Crippen LogP contribution in [0, 0.1) is 0 Å². The van der Waals surface area contributed by atoms with E-state index in [0.29, 0.717) is 52.4 Å². The molecule has 0 spiro atoms. The minimum atomic E-state index is 0.641. The highest BCUT2D eigenvalue weighted by molar-refractivity contribution is 7.26. The van der Waals surface area contributed by atoms with Crippen molar-refractivity contribution in [3.63, 3.8) is 0 Å². The molecule has 0 bridgehead atoms. The van der Waals surface area contributed by atoms with E-state index >= 15 is 0 Å². The quantitative estimate of drug-likeness (QED) is 0.111. The first-order chi connectivity index (χ1) is 68.4. The summed E-state index contributed by atoms with van der Waals surface area (Å²) in [6.45, 7) is 0. The summed E-state index contributed by atoms with van der Waals surface area (Å²) in [6, 6.07) is 161. The lowest BCUT2D eigenvalue weighted by molar-refractivity contribution is 1.06. The lowest BCUT2D eigenvalue weighted by atomic mass is 10.0. The SMILES string of the molecule is c1ccc(-c2ccc(-c3nc(-c4ccccc4)nc(-c4ccc(-n5c6ccccc6c6cc7c(cc65)sc5ccccc57)cc4)n3)cc2)cc1.c1ccc(-c2nc(-c3ccccc3)nc(-c3cccc(-n4c5ccccc5c5cc6c(cc54)sc4ccccc46)c3)n2)cc1.c1ccc(-c2nc(-c3ccccc3)nc(-c3ccccc3-n3c4ccccc4c4cc5c(cc43)sc3ccccc35)n2)cc1. The van der Waals surface area contributed by atoms with E-state index in [1.54, 1.807) is 0 Å². The van der Waals surface area contributed by atoms with Crippen molar-refractivity contribution >= 4 is 160 Å². The van der Waals surface area contributed by atoms with Crippen LogP contribution in [0.1, 0.15) is 0 Å². The van der Waals surface area contributed by atoms with Crippen LogP contribution in [0.4, 0.5) is 0 Å². The van der Waals surface area contributed by atoms with Crippen LogP contribution < -0.4 is 0 Å². The largest absolute Gasteiger partial charge is 0.309 e. The second-order valence-electron chi connectivity index (χ2n) is 34.3. The zero-order valence-corrected chi connectivity index (χ0v) is 76.4. The van der Waals surface area contributed by atoms with Crippen molar-refractivity contribution in [1.29, 1.82) is 0 Å². The number of benzene rings is 19. The summed E-state index contributed by atoms with van der Waals surface area (Å²) in [5.74, 6) is 5.84. The van der Waals surface area contributed by atoms with Crippen molar-refractivity contribution in [2.45, 2.75) is 0 Å². The Balaban J connectivity index is 0.000000107. The summed E-state index contributed by atoms with van der Waals surface area (Å²) in [4.78, 5) is 44.9. The smallest absolute Gasteiger partial charge is 0.166 e. The van der Waals surface area contributed by atoms with Crippen molar-refractivity contribution in [2.75, 3.05) is 0 Å². The molecule has 0 aliphatic heterocycles. The van der Waals surface area contributed by atoms with Crippen molar-refractivity contribution < 1.29 is 0 Å². The van der Waals surface area contributed by atoms with Crippen LogP contribution in [-0.4, -0.2) is 58.6 Å². The number of aromatic nitrogens is 12. The summed E-state index contributed by atoms with van der Waals surface area (Å²) >= 11 is 5.55. The number of rotatable bonds is 13. The highest BCUT2D eigenvalue weighted by Gasteiger charge is 2.25. The minimum absolute atomic E-state index is 0.641. The Labute approximate surface area is 804 Å². The molecule has 15 heteroatoms. The van der Waals surface area contributed by atoms with E-state index in [1.807, 2.05) is 192 Å². The molecular weight excluding hydrogens is 1740 g/mol. The number of fused-ring (bicyclic) bond motifs is 18. The number of nitrogens with zero attached hydrogens (tertiary/aromatic N) is 12. The van der Waals surface area contributed by atoms with Crippen LogP contribution >= 0.6 is 34.0 Å². The summed E-state index contributed by atoms with van der Waals surface area (Å²) in [6.07, 6.45) is 0. The molecule has 0 N–H and O–H groups in total. The molecule has 0 fully saturated rings. The third kappa shape index (κ3) is 14.6. The monoisotopic (exact) mass is 1820 g/mol. The first-order valence-corrected chi connectivity index (χ1v) is 48.4. The fourth-order valence-corrected chi connectivity index (χ4v) is 22.8. The van der Waals surface area contributed by atoms with Crippen molar-refractivity contribution in [3.05, 3.63) is 461 Å².